The highest BCUT2D eigenvalue weighted by molar-refractivity contribution is 7.19. The summed E-state index contributed by atoms with van der Waals surface area (Å²) in [5.74, 6) is 0.159. The lowest BCUT2D eigenvalue weighted by Crippen LogP contribution is -2.19. The van der Waals surface area contributed by atoms with E-state index in [-0.39, 0.29) is 17.4 Å². The Balaban J connectivity index is 1.56. The molecule has 0 saturated carbocycles. The van der Waals surface area contributed by atoms with Gasteiger partial charge >= 0.3 is 6.18 Å². The lowest BCUT2D eigenvalue weighted by atomic mass is 10.2. The molecule has 1 N–H and O–H groups in total. The molecule has 0 unspecified atom stereocenters. The number of carbonyl (C=O) groups is 1. The summed E-state index contributed by atoms with van der Waals surface area (Å²) in [5.41, 5.74) is -0.746. The molecule has 0 fully saturated rings. The molecular formula is C18H13F3N4O2S. The zero-order valence-corrected chi connectivity index (χ0v) is 15.0. The van der Waals surface area contributed by atoms with Crippen LogP contribution in [0.5, 0.6) is 5.75 Å². The Hall–Kier alpha value is -3.27. The highest BCUT2D eigenvalue weighted by Gasteiger charge is 2.30. The van der Waals surface area contributed by atoms with Gasteiger partial charge in [-0.15, -0.1) is 10.2 Å². The first-order chi connectivity index (χ1) is 13.4. The predicted molar refractivity (Wildman–Crippen MR) is 98.3 cm³/mol. The number of hydrogen-bond acceptors (Lipinski definition) is 6. The molecule has 1 amide bonds. The zero-order chi connectivity index (χ0) is 20.0. The van der Waals surface area contributed by atoms with E-state index in [4.69, 9.17) is 4.74 Å². The SMILES string of the molecule is O=C(COc1ccccc1)Nc1ncc(N=Nc2cccc(C(F)(F)F)c2)s1. The third-order valence-electron chi connectivity index (χ3n) is 3.29. The number of para-hydroxylation sites is 1. The highest BCUT2D eigenvalue weighted by atomic mass is 32.1. The Labute approximate surface area is 161 Å². The first-order valence-electron chi connectivity index (χ1n) is 7.93. The molecule has 3 rings (SSSR count). The van der Waals surface area contributed by atoms with Crippen molar-refractivity contribution in [1.29, 1.82) is 0 Å². The molecule has 0 atom stereocenters. The predicted octanol–water partition coefficient (Wildman–Crippen LogP) is 5.59. The maximum Gasteiger partial charge on any atom is 0.416 e. The van der Waals surface area contributed by atoms with Gasteiger partial charge in [-0.25, -0.2) is 4.98 Å². The molecule has 28 heavy (non-hydrogen) atoms. The number of nitrogens with zero attached hydrogens (tertiary/aromatic N) is 3. The molecule has 0 aliphatic rings. The van der Waals surface area contributed by atoms with Gasteiger partial charge in [-0.05, 0) is 30.3 Å². The van der Waals surface area contributed by atoms with Crippen LogP contribution in [0.25, 0.3) is 0 Å². The van der Waals surface area contributed by atoms with Crippen molar-refractivity contribution in [2.75, 3.05) is 11.9 Å². The Morgan fingerprint density at radius 1 is 1.11 bits per heavy atom. The molecule has 0 aliphatic carbocycles. The van der Waals surface area contributed by atoms with E-state index in [2.05, 4.69) is 20.5 Å². The molecule has 1 heterocycles. The number of rotatable bonds is 6. The number of amides is 1. The molecule has 0 bridgehead atoms. The molecule has 0 saturated heterocycles. The average Bonchev–Trinajstić information content (AvgIpc) is 3.12. The maximum absolute atomic E-state index is 12.7. The van der Waals surface area contributed by atoms with Crippen LogP contribution >= 0.6 is 11.3 Å². The largest absolute Gasteiger partial charge is 0.484 e. The molecular weight excluding hydrogens is 393 g/mol. The molecule has 2 aromatic carbocycles. The van der Waals surface area contributed by atoms with Crippen LogP contribution in [0.3, 0.4) is 0 Å². The van der Waals surface area contributed by atoms with Crippen molar-refractivity contribution in [3.63, 3.8) is 0 Å². The number of aromatic nitrogens is 1. The van der Waals surface area contributed by atoms with Crippen LogP contribution < -0.4 is 10.1 Å². The van der Waals surface area contributed by atoms with E-state index in [0.29, 0.717) is 10.8 Å². The van der Waals surface area contributed by atoms with E-state index in [9.17, 15) is 18.0 Å². The fourth-order valence-corrected chi connectivity index (χ4v) is 2.70. The smallest absolute Gasteiger partial charge is 0.416 e. The van der Waals surface area contributed by atoms with Crippen molar-refractivity contribution in [2.45, 2.75) is 6.18 Å². The third kappa shape index (κ3) is 5.61. The number of halogens is 3. The normalized spacial score (nSPS) is 11.5. The average molecular weight is 406 g/mol. The Morgan fingerprint density at radius 2 is 1.89 bits per heavy atom. The van der Waals surface area contributed by atoms with Gasteiger partial charge in [0.1, 0.15) is 5.75 Å². The number of azo groups is 1. The van der Waals surface area contributed by atoms with Crippen molar-refractivity contribution in [3.8, 4) is 5.75 Å². The summed E-state index contributed by atoms with van der Waals surface area (Å²) in [7, 11) is 0. The van der Waals surface area contributed by atoms with Gasteiger partial charge in [-0.2, -0.15) is 13.2 Å². The topological polar surface area (TPSA) is 75.9 Å². The quantitative estimate of drug-likeness (QED) is 0.542. The summed E-state index contributed by atoms with van der Waals surface area (Å²) >= 11 is 1.03. The molecule has 1 aromatic heterocycles. The van der Waals surface area contributed by atoms with Gasteiger partial charge in [0.25, 0.3) is 5.91 Å². The molecule has 144 valence electrons. The van der Waals surface area contributed by atoms with E-state index >= 15 is 0 Å². The summed E-state index contributed by atoms with van der Waals surface area (Å²) in [5, 5.41) is 10.8. The maximum atomic E-state index is 12.7. The Morgan fingerprint density at radius 3 is 2.64 bits per heavy atom. The van der Waals surface area contributed by atoms with Crippen molar-refractivity contribution in [3.05, 3.63) is 66.4 Å². The highest BCUT2D eigenvalue weighted by Crippen LogP contribution is 2.32. The number of anilines is 1. The van der Waals surface area contributed by atoms with Gasteiger partial charge in [0.05, 0.1) is 17.4 Å². The Bertz CT molecular complexity index is 974. The van der Waals surface area contributed by atoms with Crippen LogP contribution in [-0.4, -0.2) is 17.5 Å². The minimum absolute atomic E-state index is 0.0603. The molecule has 0 spiro atoms. The van der Waals surface area contributed by atoms with E-state index < -0.39 is 17.6 Å². The fourth-order valence-electron chi connectivity index (χ4n) is 2.04. The van der Waals surface area contributed by atoms with E-state index in [0.717, 1.165) is 23.5 Å². The van der Waals surface area contributed by atoms with Crippen molar-refractivity contribution >= 4 is 33.1 Å². The van der Waals surface area contributed by atoms with Gasteiger partial charge in [0.2, 0.25) is 0 Å². The second-order valence-corrected chi connectivity index (χ2v) is 6.41. The minimum atomic E-state index is -4.45. The molecule has 6 nitrogen and oxygen atoms in total. The number of alkyl halides is 3. The van der Waals surface area contributed by atoms with Gasteiger partial charge in [0, 0.05) is 0 Å². The zero-order valence-electron chi connectivity index (χ0n) is 14.2. The summed E-state index contributed by atoms with van der Waals surface area (Å²) in [6, 6.07) is 13.4. The Kier molecular flexibility index (Phi) is 5.99. The summed E-state index contributed by atoms with van der Waals surface area (Å²) < 4.78 is 43.4. The van der Waals surface area contributed by atoms with Gasteiger partial charge in [-0.1, -0.05) is 35.6 Å². The number of hydrogen-bond donors (Lipinski definition) is 1. The number of carbonyl (C=O) groups excluding carboxylic acids is 1. The molecule has 0 radical (unpaired) electrons. The van der Waals surface area contributed by atoms with Gasteiger partial charge in [-0.3, -0.25) is 10.1 Å². The monoisotopic (exact) mass is 406 g/mol. The number of benzene rings is 2. The van der Waals surface area contributed by atoms with Crippen LogP contribution in [0, 0.1) is 0 Å². The van der Waals surface area contributed by atoms with Crippen molar-refractivity contribution in [2.24, 2.45) is 10.2 Å². The first kappa shape index (κ1) is 19.5. The molecule has 10 heteroatoms. The summed E-state index contributed by atoms with van der Waals surface area (Å²) in [4.78, 5) is 15.9. The first-order valence-corrected chi connectivity index (χ1v) is 8.74. The van der Waals surface area contributed by atoms with E-state index in [1.54, 1.807) is 24.3 Å². The van der Waals surface area contributed by atoms with Gasteiger partial charge in [0.15, 0.2) is 16.7 Å². The van der Waals surface area contributed by atoms with Gasteiger partial charge < -0.3 is 4.74 Å². The number of nitrogens with one attached hydrogen (secondary N) is 1. The van der Waals surface area contributed by atoms with Crippen molar-refractivity contribution < 1.29 is 22.7 Å². The number of ether oxygens (including phenoxy) is 1. The van der Waals surface area contributed by atoms with E-state index in [1.165, 1.54) is 18.3 Å². The second-order valence-electron chi connectivity index (χ2n) is 5.40. The second kappa shape index (κ2) is 8.61. The van der Waals surface area contributed by atoms with Crippen LogP contribution in [-0.2, 0) is 11.0 Å². The van der Waals surface area contributed by atoms with Crippen LogP contribution in [0.15, 0.2) is 71.0 Å². The van der Waals surface area contributed by atoms with E-state index in [1.807, 2.05) is 6.07 Å². The third-order valence-corrected chi connectivity index (χ3v) is 4.09. The summed E-state index contributed by atoms with van der Waals surface area (Å²) in [6.45, 7) is -0.190. The van der Waals surface area contributed by atoms with Crippen LogP contribution in [0.4, 0.5) is 29.0 Å². The standard InChI is InChI=1S/C18H13F3N4O2S/c19-18(20,21)12-5-4-6-13(9-12)24-25-16-10-22-17(28-16)23-15(26)11-27-14-7-2-1-3-8-14/h1-10H,11H2,(H,22,23,26). The number of thiazole rings is 1. The lowest BCUT2D eigenvalue weighted by molar-refractivity contribution is -0.137. The van der Waals surface area contributed by atoms with Crippen LogP contribution in [0.2, 0.25) is 0 Å². The molecule has 0 aliphatic heterocycles. The lowest BCUT2D eigenvalue weighted by Gasteiger charge is -2.05. The summed E-state index contributed by atoms with van der Waals surface area (Å²) in [6.07, 6.45) is -3.09. The fraction of sp³-hybridized carbons (Fsp3) is 0.111. The minimum Gasteiger partial charge on any atom is -0.484 e. The molecule has 3 aromatic rings. The van der Waals surface area contributed by atoms with Crippen LogP contribution in [0.1, 0.15) is 5.56 Å². The van der Waals surface area contributed by atoms with Crippen molar-refractivity contribution in [1.82, 2.24) is 4.98 Å².